The van der Waals surface area contributed by atoms with Crippen LogP contribution in [0.25, 0.3) is 11.3 Å². The molecule has 8 nitrogen and oxygen atoms in total. The molecule has 39 heavy (non-hydrogen) atoms. The smallest absolute Gasteiger partial charge is 0.416 e. The largest absolute Gasteiger partial charge is 0.487 e. The molecular formula is C27H22F3N3O5S. The lowest BCUT2D eigenvalue weighted by atomic mass is 10.1. The quantitative estimate of drug-likeness (QED) is 0.301. The van der Waals surface area contributed by atoms with Crippen molar-refractivity contribution in [1.29, 1.82) is 0 Å². The number of pyridine rings is 2. The summed E-state index contributed by atoms with van der Waals surface area (Å²) in [4.78, 5) is 20.6. The van der Waals surface area contributed by atoms with Crippen LogP contribution in [0.4, 0.5) is 13.2 Å². The Bertz CT molecular complexity index is 1590. The van der Waals surface area contributed by atoms with Crippen LogP contribution in [0.15, 0.2) is 84.0 Å². The predicted molar refractivity (Wildman–Crippen MR) is 135 cm³/mol. The maximum atomic E-state index is 12.8. The van der Waals surface area contributed by atoms with Crippen molar-refractivity contribution in [1.82, 2.24) is 9.97 Å². The molecule has 0 aliphatic rings. The van der Waals surface area contributed by atoms with Gasteiger partial charge in [0.05, 0.1) is 22.3 Å². The highest BCUT2D eigenvalue weighted by atomic mass is 32.2. The summed E-state index contributed by atoms with van der Waals surface area (Å²) in [7, 11) is -3.94. The number of sulfonamides is 1. The second kappa shape index (κ2) is 11.2. The molecule has 4 rings (SSSR count). The van der Waals surface area contributed by atoms with Gasteiger partial charge in [0.1, 0.15) is 24.7 Å². The summed E-state index contributed by atoms with van der Waals surface area (Å²) >= 11 is 0. The summed E-state index contributed by atoms with van der Waals surface area (Å²) in [6.45, 7) is 1.60. The summed E-state index contributed by atoms with van der Waals surface area (Å²) in [6, 6.07) is 15.6. The van der Waals surface area contributed by atoms with Gasteiger partial charge in [-0.1, -0.05) is 29.8 Å². The van der Waals surface area contributed by atoms with E-state index in [1.807, 2.05) is 6.92 Å². The third-order valence-electron chi connectivity index (χ3n) is 5.52. The number of hydrogen-bond acceptors (Lipinski definition) is 7. The summed E-state index contributed by atoms with van der Waals surface area (Å²) in [5.41, 5.74) is 1.69. The first-order chi connectivity index (χ1) is 18.4. The first-order valence-corrected chi connectivity index (χ1v) is 13.0. The van der Waals surface area contributed by atoms with Gasteiger partial charge in [-0.3, -0.25) is 4.98 Å². The lowest BCUT2D eigenvalue weighted by Gasteiger charge is -2.10. The third kappa shape index (κ3) is 7.18. The van der Waals surface area contributed by atoms with Crippen molar-refractivity contribution in [2.45, 2.75) is 31.2 Å². The van der Waals surface area contributed by atoms with Gasteiger partial charge < -0.3 is 9.47 Å². The van der Waals surface area contributed by atoms with E-state index in [9.17, 15) is 26.4 Å². The summed E-state index contributed by atoms with van der Waals surface area (Å²) in [6.07, 6.45) is -1.64. The van der Waals surface area contributed by atoms with Gasteiger partial charge in [-0.05, 0) is 55.0 Å². The number of alkyl halides is 3. The van der Waals surface area contributed by atoms with Gasteiger partial charge in [0.2, 0.25) is 10.0 Å². The monoisotopic (exact) mass is 557 g/mol. The number of rotatable bonds is 8. The molecule has 0 amide bonds. The zero-order chi connectivity index (χ0) is 28.2. The molecule has 0 spiro atoms. The molecule has 2 aromatic heterocycles. The Morgan fingerprint density at radius 2 is 1.72 bits per heavy atom. The highest BCUT2D eigenvalue weighted by Gasteiger charge is 2.30. The lowest BCUT2D eigenvalue weighted by Crippen LogP contribution is -2.13. The zero-order valence-corrected chi connectivity index (χ0v) is 21.3. The molecule has 0 bridgehead atoms. The van der Waals surface area contributed by atoms with Crippen molar-refractivity contribution in [3.63, 3.8) is 0 Å². The summed E-state index contributed by atoms with van der Waals surface area (Å²) in [5, 5.41) is 5.33. The number of benzene rings is 2. The Balaban J connectivity index is 1.35. The highest BCUT2D eigenvalue weighted by Crippen LogP contribution is 2.30. The van der Waals surface area contributed by atoms with Gasteiger partial charge in [0.15, 0.2) is 0 Å². The van der Waals surface area contributed by atoms with Crippen molar-refractivity contribution < 1.29 is 35.9 Å². The van der Waals surface area contributed by atoms with Crippen LogP contribution < -0.4 is 9.88 Å². The fourth-order valence-corrected chi connectivity index (χ4v) is 4.30. The van der Waals surface area contributed by atoms with Gasteiger partial charge in [-0.25, -0.2) is 23.3 Å². The van der Waals surface area contributed by atoms with Crippen molar-refractivity contribution in [3.8, 4) is 17.0 Å². The molecule has 0 aliphatic heterocycles. The fourth-order valence-electron chi connectivity index (χ4n) is 3.57. The molecule has 2 aromatic carbocycles. The molecule has 4 aromatic rings. The van der Waals surface area contributed by atoms with Crippen molar-refractivity contribution >= 4 is 16.0 Å². The average molecular weight is 558 g/mol. The van der Waals surface area contributed by atoms with Crippen LogP contribution in [0, 0.1) is 6.92 Å². The van der Waals surface area contributed by atoms with E-state index >= 15 is 0 Å². The zero-order valence-electron chi connectivity index (χ0n) is 20.5. The number of hydrogen-bond donors (Lipinski definition) is 1. The Kier molecular flexibility index (Phi) is 7.98. The van der Waals surface area contributed by atoms with Crippen LogP contribution in [0.3, 0.4) is 0 Å². The molecule has 2 heterocycles. The van der Waals surface area contributed by atoms with Gasteiger partial charge in [-0.15, -0.1) is 0 Å². The third-order valence-corrected chi connectivity index (χ3v) is 6.49. The van der Waals surface area contributed by atoms with E-state index in [1.54, 1.807) is 24.3 Å². The molecule has 0 fully saturated rings. The number of nitrogens with two attached hydrogens (primary N) is 1. The SMILES string of the molecule is Cc1ccc(S(N)(=O)=O)c(-c2ccc(COc3ccc(C(=O)OCc4cccc(C(F)(F)F)c4)nc3)cn2)c1. The second-order valence-electron chi connectivity index (χ2n) is 8.54. The number of ether oxygens (including phenoxy) is 2. The molecule has 2 N–H and O–H groups in total. The van der Waals surface area contributed by atoms with E-state index < -0.39 is 27.7 Å². The number of esters is 1. The topological polar surface area (TPSA) is 121 Å². The minimum atomic E-state index is -4.49. The fraction of sp³-hybridized carbons (Fsp3) is 0.148. The number of aromatic nitrogens is 2. The van der Waals surface area contributed by atoms with Crippen LogP contribution in [-0.4, -0.2) is 24.4 Å². The second-order valence-corrected chi connectivity index (χ2v) is 10.1. The molecule has 202 valence electrons. The first kappa shape index (κ1) is 27.7. The van der Waals surface area contributed by atoms with Crippen LogP contribution in [0.1, 0.15) is 32.7 Å². The molecular weight excluding hydrogens is 535 g/mol. The normalized spacial score (nSPS) is 11.7. The maximum Gasteiger partial charge on any atom is 0.416 e. The average Bonchev–Trinajstić information content (AvgIpc) is 2.90. The van der Waals surface area contributed by atoms with Gasteiger partial charge >= 0.3 is 12.1 Å². The van der Waals surface area contributed by atoms with Crippen molar-refractivity contribution in [2.75, 3.05) is 0 Å². The predicted octanol–water partition coefficient (Wildman–Crippen LogP) is 5.05. The van der Waals surface area contributed by atoms with E-state index in [-0.39, 0.29) is 29.4 Å². The molecule has 0 atom stereocenters. The van der Waals surface area contributed by atoms with Crippen molar-refractivity contribution in [2.24, 2.45) is 5.14 Å². The Hall–Kier alpha value is -4.29. The van der Waals surface area contributed by atoms with E-state index in [0.29, 0.717) is 22.6 Å². The number of carbonyl (C=O) groups excluding carboxylic acids is 1. The molecule has 0 unspecified atom stereocenters. The van der Waals surface area contributed by atoms with Gasteiger partial charge in [0, 0.05) is 17.3 Å². The van der Waals surface area contributed by atoms with Gasteiger partial charge in [0.25, 0.3) is 0 Å². The summed E-state index contributed by atoms with van der Waals surface area (Å²) in [5.74, 6) is -0.447. The van der Waals surface area contributed by atoms with Crippen LogP contribution in [-0.2, 0) is 34.2 Å². The molecule has 0 aliphatic carbocycles. The van der Waals surface area contributed by atoms with Gasteiger partial charge in [-0.2, -0.15) is 13.2 Å². The van der Waals surface area contributed by atoms with Crippen LogP contribution in [0.2, 0.25) is 0 Å². The van der Waals surface area contributed by atoms with E-state index in [1.165, 1.54) is 42.7 Å². The van der Waals surface area contributed by atoms with E-state index in [4.69, 9.17) is 14.6 Å². The highest BCUT2D eigenvalue weighted by molar-refractivity contribution is 7.89. The maximum absolute atomic E-state index is 12.8. The standard InChI is InChI=1S/C27H22F3N3O5S/c1-17-5-10-25(39(31,35)36)22(11-17)23-8-6-19(13-32-23)16-37-21-7-9-24(33-14-21)26(34)38-15-18-3-2-4-20(12-18)27(28,29)30/h2-14H,15-16H2,1H3,(H2,31,35,36). The molecule has 0 saturated carbocycles. The molecule has 0 radical (unpaired) electrons. The minimum absolute atomic E-state index is 0.0240. The number of carbonyl (C=O) groups is 1. The number of halogens is 3. The van der Waals surface area contributed by atoms with Crippen LogP contribution >= 0.6 is 0 Å². The molecule has 12 heteroatoms. The van der Waals surface area contributed by atoms with Crippen LogP contribution in [0.5, 0.6) is 5.75 Å². The van der Waals surface area contributed by atoms with Crippen molar-refractivity contribution in [3.05, 3.63) is 107 Å². The lowest BCUT2D eigenvalue weighted by molar-refractivity contribution is -0.137. The minimum Gasteiger partial charge on any atom is -0.487 e. The number of nitrogens with zero attached hydrogens (tertiary/aromatic N) is 2. The number of primary sulfonamides is 1. The first-order valence-electron chi connectivity index (χ1n) is 11.4. The number of aryl methyl sites for hydroxylation is 1. The molecule has 0 saturated heterocycles. The Labute approximate surface area is 222 Å². The Morgan fingerprint density at radius 3 is 2.36 bits per heavy atom. The summed E-state index contributed by atoms with van der Waals surface area (Å²) < 4.78 is 73.1. The Morgan fingerprint density at radius 1 is 0.923 bits per heavy atom. The van der Waals surface area contributed by atoms with E-state index in [0.717, 1.165) is 17.7 Å². The van der Waals surface area contributed by atoms with E-state index in [2.05, 4.69) is 9.97 Å².